The Labute approximate surface area is 130 Å². The van der Waals surface area contributed by atoms with E-state index in [0.717, 1.165) is 4.90 Å². The molecule has 3 rings (SSSR count). The van der Waals surface area contributed by atoms with E-state index in [1.54, 1.807) is 12.1 Å². The van der Waals surface area contributed by atoms with Crippen molar-refractivity contribution in [3.8, 4) is 0 Å². The molecule has 0 bridgehead atoms. The summed E-state index contributed by atoms with van der Waals surface area (Å²) in [6.07, 6.45) is 2.67. The van der Waals surface area contributed by atoms with Gasteiger partial charge in [-0.15, -0.1) is 0 Å². The number of carbonyl (C=O) groups excluding carboxylic acids is 2. The lowest BCUT2D eigenvalue weighted by atomic mass is 10.2. The van der Waals surface area contributed by atoms with Gasteiger partial charge in [0.1, 0.15) is 11.5 Å². The van der Waals surface area contributed by atoms with Gasteiger partial charge in [0, 0.05) is 11.8 Å². The van der Waals surface area contributed by atoms with E-state index in [1.807, 2.05) is 0 Å². The molecule has 0 unspecified atom stereocenters. The highest BCUT2D eigenvalue weighted by molar-refractivity contribution is 6.17. The quantitative estimate of drug-likeness (QED) is 0.817. The number of anilines is 1. The van der Waals surface area contributed by atoms with Crippen molar-refractivity contribution in [2.75, 3.05) is 5.32 Å². The fourth-order valence-electron chi connectivity index (χ4n) is 2.16. The van der Waals surface area contributed by atoms with Crippen LogP contribution in [0.5, 0.6) is 0 Å². The molecule has 0 saturated carbocycles. The Morgan fingerprint density at radius 3 is 2.52 bits per heavy atom. The van der Waals surface area contributed by atoms with Crippen molar-refractivity contribution >= 4 is 23.5 Å². The summed E-state index contributed by atoms with van der Waals surface area (Å²) in [7, 11) is 0. The number of carboxylic acids is 1. The van der Waals surface area contributed by atoms with Crippen LogP contribution in [0, 0.1) is 0 Å². The van der Waals surface area contributed by atoms with Crippen molar-refractivity contribution < 1.29 is 23.9 Å². The Balaban J connectivity index is 1.71. The number of carboxylic acid groups (broad SMARTS) is 1. The minimum atomic E-state index is -1.03. The summed E-state index contributed by atoms with van der Waals surface area (Å²) in [5, 5.41) is 11.7. The predicted octanol–water partition coefficient (Wildman–Crippen LogP) is 1.84. The summed E-state index contributed by atoms with van der Waals surface area (Å²) in [4.78, 5) is 36.0. The lowest BCUT2D eigenvalue weighted by Crippen LogP contribution is -2.31. The van der Waals surface area contributed by atoms with Crippen molar-refractivity contribution in [1.82, 2.24) is 4.90 Å². The van der Waals surface area contributed by atoms with Gasteiger partial charge in [-0.25, -0.2) is 4.79 Å². The van der Waals surface area contributed by atoms with Crippen LogP contribution in [0.1, 0.15) is 16.1 Å². The number of amides is 2. The van der Waals surface area contributed by atoms with Crippen LogP contribution in [-0.4, -0.2) is 27.8 Å². The Hall–Kier alpha value is -3.35. The van der Waals surface area contributed by atoms with Crippen molar-refractivity contribution in [3.63, 3.8) is 0 Å². The van der Waals surface area contributed by atoms with E-state index in [9.17, 15) is 14.4 Å². The third kappa shape index (κ3) is 2.98. The normalized spacial score (nSPS) is 14.1. The molecule has 0 fully saturated rings. The fraction of sp³-hybridized carbons (Fsp3) is 0.0625. The molecule has 0 aliphatic carbocycles. The number of carbonyl (C=O) groups is 3. The molecule has 2 heterocycles. The van der Waals surface area contributed by atoms with Crippen molar-refractivity contribution in [1.29, 1.82) is 0 Å². The van der Waals surface area contributed by atoms with Gasteiger partial charge in [-0.05, 0) is 36.4 Å². The minimum absolute atomic E-state index is 0.0598. The molecule has 2 amide bonds. The molecule has 7 nitrogen and oxygen atoms in total. The lowest BCUT2D eigenvalue weighted by molar-refractivity contribution is -0.138. The first-order chi connectivity index (χ1) is 11.0. The number of nitrogens with zero attached hydrogens (tertiary/aromatic N) is 1. The third-order valence-electron chi connectivity index (χ3n) is 3.31. The van der Waals surface area contributed by atoms with Gasteiger partial charge in [-0.2, -0.15) is 0 Å². The second-order valence-corrected chi connectivity index (χ2v) is 4.87. The average molecular weight is 312 g/mol. The van der Waals surface area contributed by atoms with Gasteiger partial charge in [0.15, 0.2) is 0 Å². The Morgan fingerprint density at radius 1 is 1.17 bits per heavy atom. The maximum atomic E-state index is 12.3. The topological polar surface area (TPSA) is 99.8 Å². The van der Waals surface area contributed by atoms with Crippen LogP contribution in [0.15, 0.2) is 58.9 Å². The van der Waals surface area contributed by atoms with Gasteiger partial charge in [0.25, 0.3) is 11.8 Å². The Kier molecular flexibility index (Phi) is 3.68. The first-order valence-electron chi connectivity index (χ1n) is 6.75. The molecule has 23 heavy (non-hydrogen) atoms. The van der Waals surface area contributed by atoms with Crippen LogP contribution < -0.4 is 5.32 Å². The summed E-state index contributed by atoms with van der Waals surface area (Å²) in [6, 6.07) is 9.22. The smallest absolute Gasteiger partial charge is 0.335 e. The average Bonchev–Trinajstić information content (AvgIpc) is 3.12. The van der Waals surface area contributed by atoms with Crippen molar-refractivity contribution in [2.24, 2.45) is 0 Å². The number of hydrogen-bond donors (Lipinski definition) is 2. The van der Waals surface area contributed by atoms with E-state index in [2.05, 4.69) is 5.32 Å². The monoisotopic (exact) mass is 312 g/mol. The van der Waals surface area contributed by atoms with Gasteiger partial charge < -0.3 is 14.8 Å². The molecule has 0 spiro atoms. The number of benzene rings is 1. The number of imide groups is 1. The van der Waals surface area contributed by atoms with E-state index in [-0.39, 0.29) is 17.8 Å². The first-order valence-corrected chi connectivity index (χ1v) is 6.75. The number of nitrogens with one attached hydrogen (secondary N) is 1. The molecule has 2 N–H and O–H groups in total. The van der Waals surface area contributed by atoms with E-state index >= 15 is 0 Å². The van der Waals surface area contributed by atoms with Crippen molar-refractivity contribution in [2.45, 2.75) is 6.54 Å². The van der Waals surface area contributed by atoms with Gasteiger partial charge in [-0.3, -0.25) is 14.5 Å². The molecule has 1 aromatic heterocycles. The molecule has 116 valence electrons. The highest BCUT2D eigenvalue weighted by atomic mass is 16.4. The van der Waals surface area contributed by atoms with E-state index in [4.69, 9.17) is 9.52 Å². The summed E-state index contributed by atoms with van der Waals surface area (Å²) in [5.74, 6) is -1.43. The standard InChI is InChI=1S/C16H12N2O5/c19-14-8-13(15(20)18(14)9-12-2-1-7-23-12)17-11-5-3-10(4-6-11)16(21)22/h1-8,17H,9H2,(H,21,22). The fourth-order valence-corrected chi connectivity index (χ4v) is 2.16. The van der Waals surface area contributed by atoms with Crippen LogP contribution in [-0.2, 0) is 16.1 Å². The summed E-state index contributed by atoms with van der Waals surface area (Å²) < 4.78 is 5.14. The second-order valence-electron chi connectivity index (χ2n) is 4.87. The molecule has 1 aliphatic rings. The number of hydrogen-bond acceptors (Lipinski definition) is 5. The number of rotatable bonds is 5. The van der Waals surface area contributed by atoms with Crippen LogP contribution >= 0.6 is 0 Å². The lowest BCUT2D eigenvalue weighted by Gasteiger charge is -2.13. The maximum absolute atomic E-state index is 12.3. The molecule has 1 aliphatic heterocycles. The minimum Gasteiger partial charge on any atom is -0.478 e. The van der Waals surface area contributed by atoms with Gasteiger partial charge in [0.2, 0.25) is 0 Å². The third-order valence-corrected chi connectivity index (χ3v) is 3.31. The Bertz CT molecular complexity index is 790. The zero-order valence-electron chi connectivity index (χ0n) is 11.9. The largest absolute Gasteiger partial charge is 0.478 e. The van der Waals surface area contributed by atoms with Gasteiger partial charge >= 0.3 is 5.97 Å². The van der Waals surface area contributed by atoms with Crippen LogP contribution in [0.25, 0.3) is 0 Å². The van der Waals surface area contributed by atoms with E-state index < -0.39 is 17.8 Å². The first kappa shape index (κ1) is 14.6. The van der Waals surface area contributed by atoms with Crippen LogP contribution in [0.2, 0.25) is 0 Å². The van der Waals surface area contributed by atoms with Gasteiger partial charge in [0.05, 0.1) is 18.4 Å². The van der Waals surface area contributed by atoms with E-state index in [0.29, 0.717) is 11.4 Å². The molecule has 2 aromatic rings. The highest BCUT2D eigenvalue weighted by Crippen LogP contribution is 2.19. The Morgan fingerprint density at radius 2 is 1.91 bits per heavy atom. The summed E-state index contributed by atoms with van der Waals surface area (Å²) >= 11 is 0. The molecular formula is C16H12N2O5. The molecule has 0 radical (unpaired) electrons. The van der Waals surface area contributed by atoms with E-state index in [1.165, 1.54) is 36.6 Å². The second kappa shape index (κ2) is 5.80. The molecule has 1 aromatic carbocycles. The molecule has 0 saturated heterocycles. The zero-order chi connectivity index (χ0) is 16.4. The summed E-state index contributed by atoms with van der Waals surface area (Å²) in [6.45, 7) is 0.0598. The predicted molar refractivity (Wildman–Crippen MR) is 79.4 cm³/mol. The number of furan rings is 1. The zero-order valence-corrected chi connectivity index (χ0v) is 11.9. The maximum Gasteiger partial charge on any atom is 0.335 e. The van der Waals surface area contributed by atoms with Gasteiger partial charge in [-0.1, -0.05) is 0 Å². The van der Waals surface area contributed by atoms with Crippen molar-refractivity contribution in [3.05, 3.63) is 65.8 Å². The highest BCUT2D eigenvalue weighted by Gasteiger charge is 2.31. The summed E-state index contributed by atoms with van der Waals surface area (Å²) in [5.41, 5.74) is 0.782. The number of aromatic carboxylic acids is 1. The SMILES string of the molecule is O=C(O)c1ccc(NC2=CC(=O)N(Cc3ccco3)C2=O)cc1. The van der Waals surface area contributed by atoms with Crippen LogP contribution in [0.3, 0.4) is 0 Å². The molecular weight excluding hydrogens is 300 g/mol. The molecule has 0 atom stereocenters. The van der Waals surface area contributed by atoms with Crippen LogP contribution in [0.4, 0.5) is 5.69 Å². The molecule has 7 heteroatoms.